The van der Waals surface area contributed by atoms with Gasteiger partial charge >= 0.3 is 56.9 Å². The second-order valence-electron chi connectivity index (χ2n) is 8.35. The van der Waals surface area contributed by atoms with E-state index in [9.17, 15) is 75.0 Å². The molecule has 6 nitrogen and oxygen atoms in total. The minimum Gasteiger partial charge on any atom is -0.309 e. The molecule has 0 saturated heterocycles. The monoisotopic (exact) mass is 824 g/mol. The molecule has 0 aliphatic rings. The predicted molar refractivity (Wildman–Crippen MR) is 128 cm³/mol. The molecule has 0 rings (SSSR count). The van der Waals surface area contributed by atoms with Crippen molar-refractivity contribution >= 4 is 37.8 Å². The summed E-state index contributed by atoms with van der Waals surface area (Å²) < 4.78 is 249. The molecular formula is C19H26F15IO6P2. The van der Waals surface area contributed by atoms with Gasteiger partial charge in [0.15, 0.2) is 0 Å². The van der Waals surface area contributed by atoms with Crippen molar-refractivity contribution in [3.8, 4) is 0 Å². The molecule has 0 radical (unpaired) electrons. The second kappa shape index (κ2) is 14.4. The first-order valence-electron chi connectivity index (χ1n) is 11.7. The van der Waals surface area contributed by atoms with Gasteiger partial charge in [0.25, 0.3) is 0 Å². The molecule has 0 N–H and O–H groups in total. The summed E-state index contributed by atoms with van der Waals surface area (Å²) in [4.78, 5) is 0. The van der Waals surface area contributed by atoms with Crippen molar-refractivity contribution in [2.24, 2.45) is 0 Å². The molecule has 0 amide bonds. The van der Waals surface area contributed by atoms with Gasteiger partial charge in [-0.2, -0.15) is 65.9 Å². The molecule has 0 aliphatic carbocycles. The quantitative estimate of drug-likeness (QED) is 0.0560. The lowest BCUT2D eigenvalue weighted by molar-refractivity contribution is -0.452. The second-order valence-corrected chi connectivity index (χ2v) is 15.4. The third-order valence-electron chi connectivity index (χ3n) is 5.38. The third kappa shape index (κ3) is 8.11. The van der Waals surface area contributed by atoms with Crippen molar-refractivity contribution in [3.05, 3.63) is 0 Å². The normalized spacial score (nSPS) is 16.8. The summed E-state index contributed by atoms with van der Waals surface area (Å²) in [7, 11) is -9.66. The maximum Gasteiger partial charge on any atom is 0.460 e. The zero-order valence-corrected chi connectivity index (χ0v) is 26.2. The van der Waals surface area contributed by atoms with Gasteiger partial charge in [-0.05, 0) is 34.1 Å². The summed E-state index contributed by atoms with van der Waals surface area (Å²) >= 11 is 1.17. The van der Waals surface area contributed by atoms with Crippen LogP contribution in [0.2, 0.25) is 0 Å². The van der Waals surface area contributed by atoms with Gasteiger partial charge in [0.2, 0.25) is 0 Å². The molecule has 0 bridgehead atoms. The Bertz CT molecular complexity index is 992. The predicted octanol–water partition coefficient (Wildman–Crippen LogP) is 9.80. The van der Waals surface area contributed by atoms with Crippen molar-refractivity contribution in [1.82, 2.24) is 0 Å². The molecular weight excluding hydrogens is 798 g/mol. The highest BCUT2D eigenvalue weighted by molar-refractivity contribution is 14.1. The van der Waals surface area contributed by atoms with Crippen LogP contribution in [0.3, 0.4) is 0 Å². The Labute approximate surface area is 248 Å². The van der Waals surface area contributed by atoms with Crippen molar-refractivity contribution in [3.63, 3.8) is 0 Å². The Balaban J connectivity index is 7.07. The minimum absolute atomic E-state index is 0.387. The lowest BCUT2D eigenvalue weighted by Crippen LogP contribution is -2.72. The zero-order valence-electron chi connectivity index (χ0n) is 22.3. The molecule has 2 atom stereocenters. The summed E-state index contributed by atoms with van der Waals surface area (Å²) in [5, 5.41) is 0. The van der Waals surface area contributed by atoms with Gasteiger partial charge in [0.05, 0.1) is 32.1 Å². The van der Waals surface area contributed by atoms with Gasteiger partial charge in [-0.1, -0.05) is 22.6 Å². The minimum atomic E-state index is -8.48. The highest BCUT2D eigenvalue weighted by atomic mass is 127. The van der Waals surface area contributed by atoms with Crippen molar-refractivity contribution in [1.29, 1.82) is 0 Å². The number of halogens is 16. The summed E-state index contributed by atoms with van der Waals surface area (Å²) in [6.45, 7) is 2.39. The first-order valence-corrected chi connectivity index (χ1v) is 16.2. The van der Waals surface area contributed by atoms with E-state index in [1.165, 1.54) is 36.4 Å². The van der Waals surface area contributed by atoms with E-state index >= 15 is 0 Å². The zero-order chi connectivity index (χ0) is 34.7. The summed E-state index contributed by atoms with van der Waals surface area (Å²) in [6, 6.07) is 0. The number of rotatable bonds is 19. The average Bonchev–Trinajstić information content (AvgIpc) is 2.82. The van der Waals surface area contributed by atoms with Crippen LogP contribution in [-0.2, 0) is 27.2 Å². The van der Waals surface area contributed by atoms with Crippen molar-refractivity contribution in [2.45, 2.75) is 91.6 Å². The molecule has 0 saturated carbocycles. The number of alkyl halides is 16. The van der Waals surface area contributed by atoms with Crippen molar-refractivity contribution in [2.75, 3.05) is 26.4 Å². The molecule has 0 aromatic rings. The lowest BCUT2D eigenvalue weighted by Gasteiger charge is -2.42. The van der Waals surface area contributed by atoms with Gasteiger partial charge in [0, 0.05) is 6.42 Å². The molecule has 0 aromatic carbocycles. The van der Waals surface area contributed by atoms with E-state index in [2.05, 4.69) is 0 Å². The molecule has 0 heterocycles. The van der Waals surface area contributed by atoms with E-state index < -0.39 is 92.3 Å². The first-order chi connectivity index (χ1) is 19.0. The highest BCUT2D eigenvalue weighted by Crippen LogP contribution is 2.67. The number of hydrogen-bond donors (Lipinski definition) is 0. The molecule has 2 unspecified atom stereocenters. The molecule has 260 valence electrons. The van der Waals surface area contributed by atoms with E-state index in [0.29, 0.717) is 0 Å². The standard InChI is InChI=1S/C19H26F15IO6P2/c1-5-38-42(36,39-6-2)11(9-12(35)43(37,40-7-3)41-8-4)10-13(20,21)14(22,23)15(24,25)16(26,27)17(28,29)18(30,31)19(32,33)34/h11-12H,5-10H2,1-4H3. The van der Waals surface area contributed by atoms with Crippen LogP contribution in [0.25, 0.3) is 0 Å². The molecule has 0 fully saturated rings. The summed E-state index contributed by atoms with van der Waals surface area (Å²) in [5.41, 5.74) is -2.81. The SMILES string of the molecule is CCOP(=O)(OCC)C(I)CC(CC(F)(F)C(F)(F)C(F)(F)C(F)(F)C(F)(F)C(F)(F)C(F)(F)F)P(=O)(OCC)OCC. The molecule has 0 aliphatic heterocycles. The highest BCUT2D eigenvalue weighted by Gasteiger charge is 2.93. The van der Waals surface area contributed by atoms with Crippen LogP contribution < -0.4 is 0 Å². The fourth-order valence-electron chi connectivity index (χ4n) is 3.27. The van der Waals surface area contributed by atoms with Gasteiger partial charge in [0.1, 0.15) is 3.67 Å². The topological polar surface area (TPSA) is 71.1 Å². The van der Waals surface area contributed by atoms with E-state index in [1.807, 2.05) is 0 Å². The van der Waals surface area contributed by atoms with Gasteiger partial charge in [-0.3, -0.25) is 9.13 Å². The van der Waals surface area contributed by atoms with E-state index in [4.69, 9.17) is 18.1 Å². The van der Waals surface area contributed by atoms with Gasteiger partial charge < -0.3 is 18.1 Å². The van der Waals surface area contributed by atoms with Crippen LogP contribution in [0, 0.1) is 0 Å². The number of hydrogen-bond acceptors (Lipinski definition) is 6. The average molecular weight is 824 g/mol. The Morgan fingerprint density at radius 1 is 0.535 bits per heavy atom. The Morgan fingerprint density at radius 3 is 1.16 bits per heavy atom. The lowest BCUT2D eigenvalue weighted by atomic mass is 9.89. The third-order valence-corrected chi connectivity index (χ3v) is 12.6. The first kappa shape index (κ1) is 43.0. The van der Waals surface area contributed by atoms with Gasteiger partial charge in [-0.25, -0.2) is 0 Å². The fourth-order valence-corrected chi connectivity index (χ4v) is 9.18. The Morgan fingerprint density at radius 2 is 0.837 bits per heavy atom. The van der Waals surface area contributed by atoms with E-state index in [1.54, 1.807) is 0 Å². The summed E-state index contributed by atoms with van der Waals surface area (Å²) in [5.74, 6) is -47.9. The van der Waals surface area contributed by atoms with Gasteiger partial charge in [-0.15, -0.1) is 0 Å². The fraction of sp³-hybridized carbons (Fsp3) is 1.00. The van der Waals surface area contributed by atoms with Crippen LogP contribution in [0.5, 0.6) is 0 Å². The largest absolute Gasteiger partial charge is 0.460 e. The van der Waals surface area contributed by atoms with E-state index in [-0.39, 0.29) is 13.2 Å². The van der Waals surface area contributed by atoms with Crippen molar-refractivity contribution < 1.29 is 93.1 Å². The molecule has 0 spiro atoms. The Hall–Kier alpha value is -0.0200. The molecule has 0 aromatic heterocycles. The van der Waals surface area contributed by atoms with Crippen LogP contribution in [-0.4, -0.2) is 77.5 Å². The van der Waals surface area contributed by atoms with Crippen LogP contribution >= 0.6 is 37.8 Å². The van der Waals surface area contributed by atoms with Crippen LogP contribution in [0.4, 0.5) is 65.9 Å². The van der Waals surface area contributed by atoms with Crippen LogP contribution in [0.1, 0.15) is 40.5 Å². The maximum absolute atomic E-state index is 14.9. The van der Waals surface area contributed by atoms with Crippen LogP contribution in [0.15, 0.2) is 0 Å². The smallest absolute Gasteiger partial charge is 0.309 e. The van der Waals surface area contributed by atoms with E-state index in [0.717, 1.165) is 13.8 Å². The molecule has 43 heavy (non-hydrogen) atoms. The molecule has 24 heteroatoms. The Kier molecular flexibility index (Phi) is 14.4. The summed E-state index contributed by atoms with van der Waals surface area (Å²) in [6.07, 6.45) is -12.0. The maximum atomic E-state index is 14.9.